The fraction of sp³-hybridized carbons (Fsp3) is 0.364. The largest absolute Gasteiger partial charge is 0.480 e. The number of hydrogen-bond acceptors (Lipinski definition) is 3. The van der Waals surface area contributed by atoms with Gasteiger partial charge in [0.25, 0.3) is 0 Å². The number of rotatable bonds is 6. The molecule has 0 radical (unpaired) electrons. The lowest BCUT2D eigenvalue weighted by atomic mass is 10.5. The highest BCUT2D eigenvalue weighted by Gasteiger charge is 2.14. The Morgan fingerprint density at radius 3 is 2.89 bits per heavy atom. The van der Waals surface area contributed by atoms with E-state index in [2.05, 4.69) is 16.2 Å². The summed E-state index contributed by atoms with van der Waals surface area (Å²) in [4.78, 5) is 27.1. The van der Waals surface area contributed by atoms with Crippen molar-refractivity contribution in [1.29, 1.82) is 0 Å². The molecule has 0 saturated carbocycles. The van der Waals surface area contributed by atoms with E-state index in [1.807, 2.05) is 0 Å². The Balaban J connectivity index is 2.36. The van der Waals surface area contributed by atoms with Crippen molar-refractivity contribution in [2.45, 2.75) is 6.54 Å². The predicted molar refractivity (Wildman–Crippen MR) is 63.7 cm³/mol. The molecule has 0 aliphatic rings. The highest BCUT2D eigenvalue weighted by molar-refractivity contribution is 5.80. The average molecular weight is 250 g/mol. The molecule has 7 nitrogen and oxygen atoms in total. The SMILES string of the molecule is C#CCN(CC(=O)O)C(=O)NCCn1ccnc1. The molecule has 2 amide bonds. The zero-order chi connectivity index (χ0) is 13.4. The molecule has 0 saturated heterocycles. The number of nitrogens with zero attached hydrogens (tertiary/aromatic N) is 3. The molecule has 2 N–H and O–H groups in total. The van der Waals surface area contributed by atoms with Gasteiger partial charge in [-0.1, -0.05) is 5.92 Å². The van der Waals surface area contributed by atoms with E-state index in [4.69, 9.17) is 11.5 Å². The third-order valence-electron chi connectivity index (χ3n) is 2.10. The van der Waals surface area contributed by atoms with E-state index in [0.717, 1.165) is 4.90 Å². The third-order valence-corrected chi connectivity index (χ3v) is 2.10. The van der Waals surface area contributed by atoms with E-state index in [-0.39, 0.29) is 6.54 Å². The number of urea groups is 1. The number of carboxylic acid groups (broad SMARTS) is 1. The molecule has 0 atom stereocenters. The van der Waals surface area contributed by atoms with Gasteiger partial charge in [-0.25, -0.2) is 9.78 Å². The van der Waals surface area contributed by atoms with Crippen LogP contribution < -0.4 is 5.32 Å². The molecule has 18 heavy (non-hydrogen) atoms. The molecule has 0 unspecified atom stereocenters. The minimum absolute atomic E-state index is 0.0385. The molecule has 7 heteroatoms. The second-order valence-electron chi connectivity index (χ2n) is 3.49. The molecule has 0 aliphatic heterocycles. The van der Waals surface area contributed by atoms with Gasteiger partial charge < -0.3 is 19.9 Å². The van der Waals surface area contributed by atoms with Crippen LogP contribution in [-0.4, -0.2) is 51.2 Å². The van der Waals surface area contributed by atoms with Crippen LogP contribution in [0.2, 0.25) is 0 Å². The number of imidazole rings is 1. The highest BCUT2D eigenvalue weighted by Crippen LogP contribution is 1.90. The molecular weight excluding hydrogens is 236 g/mol. The number of aliphatic carboxylic acids is 1. The highest BCUT2D eigenvalue weighted by atomic mass is 16.4. The van der Waals surface area contributed by atoms with Gasteiger partial charge in [0.05, 0.1) is 12.9 Å². The number of carbonyl (C=O) groups excluding carboxylic acids is 1. The van der Waals surface area contributed by atoms with Gasteiger partial charge in [-0.05, 0) is 0 Å². The Morgan fingerprint density at radius 1 is 1.56 bits per heavy atom. The van der Waals surface area contributed by atoms with Gasteiger partial charge in [0.1, 0.15) is 6.54 Å². The molecule has 1 rings (SSSR count). The summed E-state index contributed by atoms with van der Waals surface area (Å²) in [5.74, 6) is 1.14. The van der Waals surface area contributed by atoms with E-state index >= 15 is 0 Å². The molecule has 96 valence electrons. The van der Waals surface area contributed by atoms with Crippen LogP contribution in [0.3, 0.4) is 0 Å². The van der Waals surface area contributed by atoms with Gasteiger partial charge in [0.15, 0.2) is 0 Å². The second kappa shape index (κ2) is 6.96. The minimum atomic E-state index is -1.10. The second-order valence-corrected chi connectivity index (χ2v) is 3.49. The quantitative estimate of drug-likeness (QED) is 0.673. The lowest BCUT2D eigenvalue weighted by Crippen LogP contribution is -2.43. The molecule has 0 spiro atoms. The Bertz CT molecular complexity index is 436. The summed E-state index contributed by atoms with van der Waals surface area (Å²) in [5.41, 5.74) is 0. The number of nitrogens with one attached hydrogen (secondary N) is 1. The number of aromatic nitrogens is 2. The summed E-state index contributed by atoms with van der Waals surface area (Å²) < 4.78 is 1.79. The van der Waals surface area contributed by atoms with Gasteiger partial charge in [-0.2, -0.15) is 0 Å². The van der Waals surface area contributed by atoms with Gasteiger partial charge in [-0.3, -0.25) is 4.79 Å². The predicted octanol–water partition coefficient (Wildman–Crippen LogP) is -0.387. The van der Waals surface area contributed by atoms with Crippen molar-refractivity contribution in [3.05, 3.63) is 18.7 Å². The van der Waals surface area contributed by atoms with Crippen molar-refractivity contribution in [1.82, 2.24) is 19.8 Å². The topological polar surface area (TPSA) is 87.5 Å². The summed E-state index contributed by atoms with van der Waals surface area (Å²) in [5, 5.41) is 11.2. The number of carbonyl (C=O) groups is 2. The smallest absolute Gasteiger partial charge is 0.323 e. The van der Waals surface area contributed by atoms with Gasteiger partial charge in [-0.15, -0.1) is 6.42 Å². The van der Waals surface area contributed by atoms with E-state index < -0.39 is 18.5 Å². The summed E-state index contributed by atoms with van der Waals surface area (Å²) in [7, 11) is 0. The summed E-state index contributed by atoms with van der Waals surface area (Å²) in [6, 6.07) is -0.490. The molecule has 1 aromatic rings. The van der Waals surface area contributed by atoms with E-state index in [0.29, 0.717) is 13.1 Å². The van der Waals surface area contributed by atoms with Crippen molar-refractivity contribution in [3.8, 4) is 12.3 Å². The molecule has 0 bridgehead atoms. The lowest BCUT2D eigenvalue weighted by Gasteiger charge is -2.18. The van der Waals surface area contributed by atoms with Crippen molar-refractivity contribution in [2.24, 2.45) is 0 Å². The van der Waals surface area contributed by atoms with Crippen molar-refractivity contribution < 1.29 is 14.7 Å². The van der Waals surface area contributed by atoms with Crippen LogP contribution >= 0.6 is 0 Å². The van der Waals surface area contributed by atoms with Crippen LogP contribution in [0.5, 0.6) is 0 Å². The number of carboxylic acids is 1. The Labute approximate surface area is 104 Å². The maximum absolute atomic E-state index is 11.6. The summed E-state index contributed by atoms with van der Waals surface area (Å²) >= 11 is 0. The lowest BCUT2D eigenvalue weighted by molar-refractivity contribution is -0.137. The van der Waals surface area contributed by atoms with Gasteiger partial charge in [0, 0.05) is 25.5 Å². The van der Waals surface area contributed by atoms with Crippen molar-refractivity contribution >= 4 is 12.0 Å². The van der Waals surface area contributed by atoms with Crippen molar-refractivity contribution in [2.75, 3.05) is 19.6 Å². The first-order valence-electron chi connectivity index (χ1n) is 5.27. The van der Waals surface area contributed by atoms with Gasteiger partial charge in [0.2, 0.25) is 0 Å². The minimum Gasteiger partial charge on any atom is -0.480 e. The Morgan fingerprint density at radius 2 is 2.33 bits per heavy atom. The molecule has 0 aliphatic carbocycles. The first-order chi connectivity index (χ1) is 8.63. The van der Waals surface area contributed by atoms with Crippen LogP contribution in [-0.2, 0) is 11.3 Å². The average Bonchev–Trinajstić information content (AvgIpc) is 2.81. The van der Waals surface area contributed by atoms with E-state index in [9.17, 15) is 9.59 Å². The maximum atomic E-state index is 11.6. The molecule has 1 aromatic heterocycles. The Kier molecular flexibility index (Phi) is 5.25. The maximum Gasteiger partial charge on any atom is 0.323 e. The molecular formula is C11H14N4O3. The zero-order valence-electron chi connectivity index (χ0n) is 9.74. The Hall–Kier alpha value is -2.49. The normalized spacial score (nSPS) is 9.50. The van der Waals surface area contributed by atoms with E-state index in [1.54, 1.807) is 23.3 Å². The molecule has 1 heterocycles. The first kappa shape index (κ1) is 13.6. The van der Waals surface area contributed by atoms with Crippen LogP contribution in [0, 0.1) is 12.3 Å². The van der Waals surface area contributed by atoms with Crippen LogP contribution in [0.25, 0.3) is 0 Å². The standard InChI is InChI=1S/C11H14N4O3/c1-2-5-15(8-10(16)17)11(18)13-4-7-14-6-3-12-9-14/h1,3,6,9H,4-5,7-8H2,(H,13,18)(H,16,17). The molecule has 0 fully saturated rings. The summed E-state index contributed by atoms with van der Waals surface area (Å²) in [6.45, 7) is 0.475. The van der Waals surface area contributed by atoms with E-state index in [1.165, 1.54) is 0 Å². The fourth-order valence-corrected chi connectivity index (χ4v) is 1.30. The monoisotopic (exact) mass is 250 g/mol. The summed E-state index contributed by atoms with van der Waals surface area (Å²) in [6.07, 6.45) is 10.1. The number of terminal acetylenes is 1. The van der Waals surface area contributed by atoms with Crippen molar-refractivity contribution in [3.63, 3.8) is 0 Å². The number of amides is 2. The van der Waals surface area contributed by atoms with Gasteiger partial charge >= 0.3 is 12.0 Å². The van der Waals surface area contributed by atoms with Crippen LogP contribution in [0.4, 0.5) is 4.79 Å². The first-order valence-corrected chi connectivity index (χ1v) is 5.27. The number of hydrogen-bond donors (Lipinski definition) is 2. The zero-order valence-corrected chi connectivity index (χ0v) is 9.74. The van der Waals surface area contributed by atoms with Crippen LogP contribution in [0.1, 0.15) is 0 Å². The fourth-order valence-electron chi connectivity index (χ4n) is 1.30. The third kappa shape index (κ3) is 4.57. The van der Waals surface area contributed by atoms with Crippen LogP contribution in [0.15, 0.2) is 18.7 Å². The molecule has 0 aromatic carbocycles.